The molecule has 4 rings (SSSR count). The Kier molecular flexibility index (Phi) is 5.78. The van der Waals surface area contributed by atoms with Gasteiger partial charge in [-0.2, -0.15) is 4.31 Å². The minimum Gasteiger partial charge on any atom is -0.497 e. The predicted octanol–water partition coefficient (Wildman–Crippen LogP) is 3.41. The van der Waals surface area contributed by atoms with Gasteiger partial charge in [0.25, 0.3) is 5.91 Å². The molecule has 2 aromatic carbocycles. The highest BCUT2D eigenvalue weighted by Crippen LogP contribution is 2.27. The van der Waals surface area contributed by atoms with Crippen LogP contribution in [-0.2, 0) is 10.0 Å². The van der Waals surface area contributed by atoms with Crippen molar-refractivity contribution >= 4 is 26.9 Å². The van der Waals surface area contributed by atoms with Crippen LogP contribution in [0.5, 0.6) is 5.75 Å². The number of rotatable bonds is 6. The largest absolute Gasteiger partial charge is 0.497 e. The summed E-state index contributed by atoms with van der Waals surface area (Å²) in [6.07, 6.45) is 3.95. The zero-order valence-electron chi connectivity index (χ0n) is 16.7. The van der Waals surface area contributed by atoms with Gasteiger partial charge in [-0.1, -0.05) is 18.6 Å². The van der Waals surface area contributed by atoms with Crippen LogP contribution in [-0.4, -0.2) is 44.9 Å². The lowest BCUT2D eigenvalue weighted by Crippen LogP contribution is -2.49. The molecule has 0 spiro atoms. The molecule has 3 aromatic rings. The Morgan fingerprint density at radius 1 is 1.20 bits per heavy atom. The van der Waals surface area contributed by atoms with Crippen LogP contribution in [0.15, 0.2) is 64.1 Å². The monoisotopic (exact) mass is 428 g/mol. The summed E-state index contributed by atoms with van der Waals surface area (Å²) in [6, 6.07) is 13.2. The molecule has 1 N–H and O–H groups in total. The third-order valence-electron chi connectivity index (χ3n) is 5.46. The fourth-order valence-corrected chi connectivity index (χ4v) is 5.62. The number of carbonyl (C=O) groups excluding carboxylic acids is 1. The number of methoxy groups -OCH3 is 1. The number of furan rings is 1. The molecule has 158 valence electrons. The van der Waals surface area contributed by atoms with Crippen LogP contribution in [0.25, 0.3) is 11.0 Å². The average Bonchev–Trinajstić information content (AvgIpc) is 3.26. The normalized spacial score (nSPS) is 17.7. The van der Waals surface area contributed by atoms with E-state index in [-0.39, 0.29) is 23.4 Å². The fraction of sp³-hybridized carbons (Fsp3) is 0.318. The van der Waals surface area contributed by atoms with E-state index in [1.165, 1.54) is 17.5 Å². The summed E-state index contributed by atoms with van der Waals surface area (Å²) in [7, 11) is -2.19. The molecule has 30 heavy (non-hydrogen) atoms. The maximum atomic E-state index is 13.3. The number of hydrogen-bond acceptors (Lipinski definition) is 5. The zero-order valence-corrected chi connectivity index (χ0v) is 17.5. The highest BCUT2D eigenvalue weighted by molar-refractivity contribution is 7.89. The lowest BCUT2D eigenvalue weighted by Gasteiger charge is -2.34. The predicted molar refractivity (Wildman–Crippen MR) is 113 cm³/mol. The molecule has 1 unspecified atom stereocenters. The number of carbonyl (C=O) groups is 1. The summed E-state index contributed by atoms with van der Waals surface area (Å²) < 4.78 is 38.6. The number of benzene rings is 2. The second-order valence-electron chi connectivity index (χ2n) is 7.29. The molecular formula is C22H24N2O5S. The summed E-state index contributed by atoms with van der Waals surface area (Å²) in [4.78, 5) is 13.0. The minimum absolute atomic E-state index is 0.197. The number of piperidine rings is 1. The summed E-state index contributed by atoms with van der Waals surface area (Å²) >= 11 is 0. The van der Waals surface area contributed by atoms with E-state index in [1.807, 2.05) is 0 Å². The molecule has 1 fully saturated rings. The first-order chi connectivity index (χ1) is 14.5. The smallest absolute Gasteiger partial charge is 0.252 e. The van der Waals surface area contributed by atoms with Gasteiger partial charge < -0.3 is 14.5 Å². The molecule has 1 aliphatic rings. The topological polar surface area (TPSA) is 88.9 Å². The van der Waals surface area contributed by atoms with Crippen LogP contribution >= 0.6 is 0 Å². The van der Waals surface area contributed by atoms with E-state index in [2.05, 4.69) is 5.32 Å². The standard InChI is InChI=1S/C22H24N2O5S/c1-28-17-7-4-8-18(14-17)30(26,27)24-12-3-2-6-16(24)15-23-22(25)20-9-5-10-21-19(20)11-13-29-21/h4-5,7-11,13-14,16H,2-3,6,12,15H2,1H3,(H,23,25). The van der Waals surface area contributed by atoms with E-state index in [0.29, 0.717) is 29.9 Å². The third-order valence-corrected chi connectivity index (χ3v) is 7.41. The van der Waals surface area contributed by atoms with Crippen molar-refractivity contribution in [1.29, 1.82) is 0 Å². The van der Waals surface area contributed by atoms with Gasteiger partial charge in [0, 0.05) is 30.6 Å². The van der Waals surface area contributed by atoms with E-state index >= 15 is 0 Å². The highest BCUT2D eigenvalue weighted by atomic mass is 32.2. The van der Waals surface area contributed by atoms with Crippen molar-refractivity contribution in [2.45, 2.75) is 30.2 Å². The summed E-state index contributed by atoms with van der Waals surface area (Å²) in [5, 5.41) is 3.65. The Morgan fingerprint density at radius 3 is 2.87 bits per heavy atom. The number of fused-ring (bicyclic) bond motifs is 1. The maximum absolute atomic E-state index is 13.3. The van der Waals surface area contributed by atoms with E-state index in [9.17, 15) is 13.2 Å². The van der Waals surface area contributed by atoms with Gasteiger partial charge >= 0.3 is 0 Å². The molecule has 8 heteroatoms. The van der Waals surface area contributed by atoms with Crippen molar-refractivity contribution in [1.82, 2.24) is 9.62 Å². The number of nitrogens with one attached hydrogen (secondary N) is 1. The quantitative estimate of drug-likeness (QED) is 0.650. The van der Waals surface area contributed by atoms with E-state index in [1.54, 1.807) is 48.7 Å². The molecule has 0 aliphatic carbocycles. The first kappa shape index (κ1) is 20.4. The van der Waals surface area contributed by atoms with Crippen molar-refractivity contribution in [3.05, 3.63) is 60.4 Å². The number of nitrogens with zero attached hydrogens (tertiary/aromatic N) is 1. The fourth-order valence-electron chi connectivity index (χ4n) is 3.89. The van der Waals surface area contributed by atoms with Gasteiger partial charge in [-0.25, -0.2) is 8.42 Å². The Balaban J connectivity index is 1.52. The first-order valence-electron chi connectivity index (χ1n) is 9.91. The summed E-state index contributed by atoms with van der Waals surface area (Å²) in [6.45, 7) is 0.674. The molecule has 0 radical (unpaired) electrons. The maximum Gasteiger partial charge on any atom is 0.252 e. The molecule has 2 heterocycles. The van der Waals surface area contributed by atoms with Crippen molar-refractivity contribution in [2.75, 3.05) is 20.2 Å². The zero-order chi connectivity index (χ0) is 21.1. The van der Waals surface area contributed by atoms with Gasteiger partial charge in [-0.3, -0.25) is 4.79 Å². The number of sulfonamides is 1. The van der Waals surface area contributed by atoms with Crippen LogP contribution in [0.4, 0.5) is 0 Å². The molecule has 1 atom stereocenters. The van der Waals surface area contributed by atoms with Gasteiger partial charge in [-0.05, 0) is 43.2 Å². The van der Waals surface area contributed by atoms with Crippen LogP contribution in [0.3, 0.4) is 0 Å². The summed E-state index contributed by atoms with van der Waals surface area (Å²) in [5.74, 6) is 0.248. The lowest BCUT2D eigenvalue weighted by molar-refractivity contribution is 0.0941. The molecule has 1 amide bonds. The molecule has 7 nitrogen and oxygen atoms in total. The van der Waals surface area contributed by atoms with Crippen LogP contribution in [0, 0.1) is 0 Å². The molecule has 1 aliphatic heterocycles. The van der Waals surface area contributed by atoms with Crippen molar-refractivity contribution in [3.63, 3.8) is 0 Å². The Hall–Kier alpha value is -2.84. The molecule has 0 saturated carbocycles. The molecule has 1 saturated heterocycles. The first-order valence-corrected chi connectivity index (χ1v) is 11.3. The Bertz CT molecular complexity index is 1160. The number of amides is 1. The highest BCUT2D eigenvalue weighted by Gasteiger charge is 2.34. The van der Waals surface area contributed by atoms with E-state index in [0.717, 1.165) is 18.2 Å². The van der Waals surface area contributed by atoms with Crippen molar-refractivity contribution in [3.8, 4) is 5.75 Å². The lowest BCUT2D eigenvalue weighted by atomic mass is 10.0. The number of ether oxygens (including phenoxy) is 1. The van der Waals surface area contributed by atoms with Crippen molar-refractivity contribution < 1.29 is 22.4 Å². The molecule has 1 aromatic heterocycles. The number of hydrogen-bond donors (Lipinski definition) is 1. The Labute approximate surface area is 175 Å². The van der Waals surface area contributed by atoms with Gasteiger partial charge in [0.05, 0.1) is 23.8 Å². The average molecular weight is 429 g/mol. The minimum atomic E-state index is -3.70. The second kappa shape index (κ2) is 8.49. The van der Waals surface area contributed by atoms with E-state index < -0.39 is 10.0 Å². The molecular weight excluding hydrogens is 404 g/mol. The van der Waals surface area contributed by atoms with Crippen LogP contribution < -0.4 is 10.1 Å². The third kappa shape index (κ3) is 3.93. The Morgan fingerprint density at radius 2 is 2.03 bits per heavy atom. The molecule has 0 bridgehead atoms. The van der Waals surface area contributed by atoms with Gasteiger partial charge in [0.15, 0.2) is 0 Å². The van der Waals surface area contributed by atoms with Gasteiger partial charge in [0.2, 0.25) is 10.0 Å². The SMILES string of the molecule is COc1cccc(S(=O)(=O)N2CCCCC2CNC(=O)c2cccc3occc23)c1. The van der Waals surface area contributed by atoms with Crippen LogP contribution in [0.2, 0.25) is 0 Å². The van der Waals surface area contributed by atoms with E-state index in [4.69, 9.17) is 9.15 Å². The summed E-state index contributed by atoms with van der Waals surface area (Å²) in [5.41, 5.74) is 1.15. The van der Waals surface area contributed by atoms with Gasteiger partial charge in [-0.15, -0.1) is 0 Å². The van der Waals surface area contributed by atoms with Crippen molar-refractivity contribution in [2.24, 2.45) is 0 Å². The van der Waals surface area contributed by atoms with Crippen LogP contribution in [0.1, 0.15) is 29.6 Å². The van der Waals surface area contributed by atoms with Gasteiger partial charge in [0.1, 0.15) is 11.3 Å². The second-order valence-corrected chi connectivity index (χ2v) is 9.18.